The van der Waals surface area contributed by atoms with Crippen LogP contribution in [0.3, 0.4) is 0 Å². The number of fused-ring (bicyclic) bond motifs is 2. The molecule has 1 aromatic rings. The number of piperazine rings is 1. The van der Waals surface area contributed by atoms with E-state index in [1.807, 2.05) is 35.2 Å². The highest BCUT2D eigenvalue weighted by Crippen LogP contribution is 2.19. The number of rotatable bonds is 3. The van der Waals surface area contributed by atoms with Gasteiger partial charge in [-0.1, -0.05) is 12.1 Å². The van der Waals surface area contributed by atoms with Gasteiger partial charge in [-0.2, -0.15) is 0 Å². The fraction of sp³-hybridized carbons (Fsp3) is 0.333. The van der Waals surface area contributed by atoms with Crippen LogP contribution in [0, 0.1) is 0 Å². The molecule has 1 fully saturated rings. The highest BCUT2D eigenvalue weighted by Gasteiger charge is 2.33. The van der Waals surface area contributed by atoms with Crippen molar-refractivity contribution in [1.29, 1.82) is 0 Å². The van der Waals surface area contributed by atoms with Crippen LogP contribution in [0.25, 0.3) is 0 Å². The molecule has 4 nitrogen and oxygen atoms in total. The summed E-state index contributed by atoms with van der Waals surface area (Å²) in [7, 11) is 1.65. The molecule has 4 heteroatoms. The van der Waals surface area contributed by atoms with Crippen molar-refractivity contribution in [3.05, 3.63) is 47.7 Å². The van der Waals surface area contributed by atoms with Gasteiger partial charge in [0.2, 0.25) is 5.91 Å². The summed E-state index contributed by atoms with van der Waals surface area (Å²) in [6.45, 7) is 1.41. The van der Waals surface area contributed by atoms with Gasteiger partial charge in [-0.05, 0) is 29.8 Å². The van der Waals surface area contributed by atoms with Crippen LogP contribution in [0.4, 0.5) is 0 Å². The number of benzene rings is 1. The Morgan fingerprint density at radius 1 is 1.37 bits per heavy atom. The summed E-state index contributed by atoms with van der Waals surface area (Å²) in [4.78, 5) is 14.2. The lowest BCUT2D eigenvalue weighted by Crippen LogP contribution is -2.57. The van der Waals surface area contributed by atoms with Crippen molar-refractivity contribution in [2.24, 2.45) is 0 Å². The van der Waals surface area contributed by atoms with Gasteiger partial charge in [0.05, 0.1) is 13.2 Å². The minimum Gasteiger partial charge on any atom is -0.497 e. The normalized spacial score (nSPS) is 24.7. The first-order valence-electron chi connectivity index (χ1n) is 6.37. The first kappa shape index (κ1) is 12.0. The van der Waals surface area contributed by atoms with E-state index in [-0.39, 0.29) is 18.0 Å². The van der Waals surface area contributed by atoms with Crippen molar-refractivity contribution in [2.45, 2.75) is 18.6 Å². The first-order valence-corrected chi connectivity index (χ1v) is 6.37. The zero-order chi connectivity index (χ0) is 13.2. The maximum absolute atomic E-state index is 12.3. The molecule has 1 amide bonds. The molecule has 3 heterocycles. The molecule has 1 N–H and O–H groups in total. The zero-order valence-electron chi connectivity index (χ0n) is 10.8. The van der Waals surface area contributed by atoms with Crippen LogP contribution < -0.4 is 10.1 Å². The molecule has 3 aliphatic heterocycles. The Bertz CT molecular complexity index is 544. The van der Waals surface area contributed by atoms with E-state index < -0.39 is 0 Å². The topological polar surface area (TPSA) is 41.6 Å². The van der Waals surface area contributed by atoms with Crippen LogP contribution in [-0.4, -0.2) is 36.5 Å². The molecule has 3 aliphatic rings. The van der Waals surface area contributed by atoms with E-state index in [9.17, 15) is 4.79 Å². The summed E-state index contributed by atoms with van der Waals surface area (Å²) in [5.74, 6) is 0.948. The number of carbonyl (C=O) groups is 1. The third-order valence-corrected chi connectivity index (χ3v) is 3.56. The Morgan fingerprint density at radius 3 is 2.89 bits per heavy atom. The Hall–Kier alpha value is -2.03. The van der Waals surface area contributed by atoms with Gasteiger partial charge in [0.15, 0.2) is 0 Å². The number of amides is 1. The number of nitrogens with zero attached hydrogens (tertiary/aromatic N) is 1. The SMILES string of the molecule is COc1ccc(CN2C(=O)[C@H]3C=C=C[C@@H]2CN3)cc1. The van der Waals surface area contributed by atoms with E-state index in [1.165, 1.54) is 0 Å². The minimum absolute atomic E-state index is 0.0876. The van der Waals surface area contributed by atoms with Crippen molar-refractivity contribution in [2.75, 3.05) is 13.7 Å². The van der Waals surface area contributed by atoms with E-state index in [1.54, 1.807) is 13.2 Å². The number of carbonyl (C=O) groups excluding carboxylic acids is 1. The van der Waals surface area contributed by atoms with Gasteiger partial charge in [0.25, 0.3) is 0 Å². The van der Waals surface area contributed by atoms with Crippen LogP contribution in [0.1, 0.15) is 5.56 Å². The highest BCUT2D eigenvalue weighted by atomic mass is 16.5. The Labute approximate surface area is 112 Å². The molecule has 4 rings (SSSR count). The van der Waals surface area contributed by atoms with Crippen molar-refractivity contribution in [1.82, 2.24) is 10.2 Å². The second-order valence-electron chi connectivity index (χ2n) is 4.77. The average molecular weight is 256 g/mol. The van der Waals surface area contributed by atoms with Crippen molar-refractivity contribution < 1.29 is 9.53 Å². The molecule has 2 atom stereocenters. The molecular formula is C15H16N2O2. The maximum atomic E-state index is 12.3. The van der Waals surface area contributed by atoms with E-state index in [4.69, 9.17) is 4.74 Å². The highest BCUT2D eigenvalue weighted by molar-refractivity contribution is 5.85. The molecular weight excluding hydrogens is 240 g/mol. The van der Waals surface area contributed by atoms with Crippen LogP contribution in [0.15, 0.2) is 42.1 Å². The lowest BCUT2D eigenvalue weighted by Gasteiger charge is -2.36. The van der Waals surface area contributed by atoms with E-state index in [0.717, 1.165) is 17.9 Å². The Kier molecular flexibility index (Phi) is 3.11. The summed E-state index contributed by atoms with van der Waals surface area (Å²) < 4.78 is 5.14. The molecule has 0 spiro atoms. The standard InChI is InChI=1S/C15H16N2O2/c1-19-13-7-5-11(6-8-13)10-17-12-3-2-4-14(15(17)18)16-9-12/h3-8,12,14,16H,9-10H2,1H3/t12-,14-/m1/s1. The quantitative estimate of drug-likeness (QED) is 0.823. The Morgan fingerprint density at radius 2 is 2.16 bits per heavy atom. The molecule has 98 valence electrons. The van der Waals surface area contributed by atoms with Gasteiger partial charge in [0, 0.05) is 13.1 Å². The smallest absolute Gasteiger partial charge is 0.245 e. The van der Waals surface area contributed by atoms with Gasteiger partial charge in [-0.3, -0.25) is 10.1 Å². The third-order valence-electron chi connectivity index (χ3n) is 3.56. The molecule has 0 aromatic heterocycles. The first-order chi connectivity index (χ1) is 9.28. The number of ether oxygens (including phenoxy) is 1. The number of hydrogen-bond acceptors (Lipinski definition) is 3. The summed E-state index contributed by atoms with van der Waals surface area (Å²) in [5, 5.41) is 3.20. The van der Waals surface area contributed by atoms with Crippen LogP contribution in [-0.2, 0) is 11.3 Å². The van der Waals surface area contributed by atoms with Gasteiger partial charge in [0.1, 0.15) is 11.8 Å². The molecule has 0 radical (unpaired) electrons. The molecule has 19 heavy (non-hydrogen) atoms. The number of nitrogens with one attached hydrogen (secondary N) is 1. The van der Waals surface area contributed by atoms with Gasteiger partial charge in [-0.15, -0.1) is 5.73 Å². The van der Waals surface area contributed by atoms with Crippen molar-refractivity contribution in [3.8, 4) is 5.75 Å². The van der Waals surface area contributed by atoms with Gasteiger partial charge >= 0.3 is 0 Å². The molecule has 0 saturated carbocycles. The largest absolute Gasteiger partial charge is 0.497 e. The van der Waals surface area contributed by atoms with Crippen LogP contribution in [0.2, 0.25) is 0 Å². The van der Waals surface area contributed by atoms with Gasteiger partial charge in [-0.25, -0.2) is 0 Å². The molecule has 0 aliphatic carbocycles. The summed E-state index contributed by atoms with van der Waals surface area (Å²) in [6.07, 6.45) is 3.76. The summed E-state index contributed by atoms with van der Waals surface area (Å²) in [6, 6.07) is 7.69. The lowest BCUT2D eigenvalue weighted by atomic mass is 10.1. The lowest BCUT2D eigenvalue weighted by molar-refractivity contribution is -0.136. The van der Waals surface area contributed by atoms with Gasteiger partial charge < -0.3 is 9.64 Å². The fourth-order valence-corrected chi connectivity index (χ4v) is 2.45. The third kappa shape index (κ3) is 2.28. The van der Waals surface area contributed by atoms with E-state index in [2.05, 4.69) is 11.0 Å². The second-order valence-corrected chi connectivity index (χ2v) is 4.77. The van der Waals surface area contributed by atoms with E-state index >= 15 is 0 Å². The molecule has 1 aromatic carbocycles. The molecule has 2 bridgehead atoms. The fourth-order valence-electron chi connectivity index (χ4n) is 2.45. The van der Waals surface area contributed by atoms with Crippen LogP contribution >= 0.6 is 0 Å². The van der Waals surface area contributed by atoms with Crippen molar-refractivity contribution >= 4 is 5.91 Å². The number of hydrogen-bond donors (Lipinski definition) is 1. The van der Waals surface area contributed by atoms with E-state index in [0.29, 0.717) is 6.54 Å². The summed E-state index contributed by atoms with van der Waals surface area (Å²) in [5.41, 5.74) is 4.19. The second kappa shape index (κ2) is 4.92. The zero-order valence-corrected chi connectivity index (χ0v) is 10.8. The maximum Gasteiger partial charge on any atom is 0.245 e. The predicted octanol–water partition coefficient (Wildman–Crippen LogP) is 1.09. The number of methoxy groups -OCH3 is 1. The predicted molar refractivity (Wildman–Crippen MR) is 71.8 cm³/mol. The average Bonchev–Trinajstić information content (AvgIpc) is 2.76. The Balaban J connectivity index is 1.79. The summed E-state index contributed by atoms with van der Waals surface area (Å²) >= 11 is 0. The molecule has 0 unspecified atom stereocenters. The molecule has 1 saturated heterocycles. The monoisotopic (exact) mass is 256 g/mol. The van der Waals surface area contributed by atoms with Crippen molar-refractivity contribution in [3.63, 3.8) is 0 Å². The minimum atomic E-state index is -0.228. The van der Waals surface area contributed by atoms with Crippen LogP contribution in [0.5, 0.6) is 5.75 Å².